The van der Waals surface area contributed by atoms with Gasteiger partial charge in [-0.1, -0.05) is 121 Å². The first-order valence-corrected chi connectivity index (χ1v) is 19.5. The Morgan fingerprint density at radius 2 is 1.00 bits per heavy atom. The highest BCUT2D eigenvalue weighted by Gasteiger charge is 2.26. The highest BCUT2D eigenvalue weighted by molar-refractivity contribution is 6.37. The Bertz CT molecular complexity index is 3980. The van der Waals surface area contributed by atoms with Crippen molar-refractivity contribution in [2.24, 2.45) is 0 Å². The van der Waals surface area contributed by atoms with Gasteiger partial charge in [-0.25, -0.2) is 9.97 Å². The molecule has 0 bridgehead atoms. The van der Waals surface area contributed by atoms with Crippen LogP contribution in [0.15, 0.2) is 176 Å². The second-order valence-corrected chi connectivity index (χ2v) is 15.4. The van der Waals surface area contributed by atoms with Gasteiger partial charge >= 0.3 is 0 Å². The number of rotatable bonds is 3. The van der Waals surface area contributed by atoms with E-state index in [2.05, 4.69) is 189 Å². The SMILES string of the molecule is c1ccc(-n2c3ccccc3c3ccc(-c4nc(-n5c6ccc7ccc8cccc9c8c7c6c6c5ccc5c7ccccc7n9c56)nc5ccccc45)cc32)cc1. The van der Waals surface area contributed by atoms with E-state index in [1.807, 2.05) is 0 Å². The predicted octanol–water partition coefficient (Wildman–Crippen LogP) is 13.2. The van der Waals surface area contributed by atoms with E-state index >= 15 is 0 Å². The Morgan fingerprint density at radius 1 is 0.351 bits per heavy atom. The topological polar surface area (TPSA) is 40.0 Å². The van der Waals surface area contributed by atoms with Crippen molar-refractivity contribution in [2.45, 2.75) is 0 Å². The zero-order valence-electron chi connectivity index (χ0n) is 30.5. The van der Waals surface area contributed by atoms with E-state index in [0.29, 0.717) is 5.95 Å². The molecule has 14 aromatic rings. The number of hydrogen-bond donors (Lipinski definition) is 0. The van der Waals surface area contributed by atoms with E-state index in [-0.39, 0.29) is 0 Å². The van der Waals surface area contributed by atoms with Crippen molar-refractivity contribution < 1.29 is 0 Å². The summed E-state index contributed by atoms with van der Waals surface area (Å²) in [4.78, 5) is 11.0. The zero-order valence-corrected chi connectivity index (χ0v) is 30.5. The van der Waals surface area contributed by atoms with Crippen molar-refractivity contribution in [3.8, 4) is 22.9 Å². The quantitative estimate of drug-likeness (QED) is 0.170. The first-order chi connectivity index (χ1) is 28.3. The molecule has 0 spiro atoms. The average molecular weight is 724 g/mol. The summed E-state index contributed by atoms with van der Waals surface area (Å²) in [7, 11) is 0. The van der Waals surface area contributed by atoms with Crippen LogP contribution in [-0.2, 0) is 0 Å². The molecule has 5 heteroatoms. The first-order valence-electron chi connectivity index (χ1n) is 19.5. The van der Waals surface area contributed by atoms with Crippen molar-refractivity contribution in [1.82, 2.24) is 23.5 Å². The molecule has 57 heavy (non-hydrogen) atoms. The highest BCUT2D eigenvalue weighted by Crippen LogP contribution is 2.47. The lowest BCUT2D eigenvalue weighted by Crippen LogP contribution is -2.03. The van der Waals surface area contributed by atoms with Crippen molar-refractivity contribution >= 4 is 103 Å². The summed E-state index contributed by atoms with van der Waals surface area (Å²) < 4.78 is 7.19. The molecule has 5 heterocycles. The third-order valence-corrected chi connectivity index (χ3v) is 12.5. The number of hydrogen-bond acceptors (Lipinski definition) is 2. The summed E-state index contributed by atoms with van der Waals surface area (Å²) >= 11 is 0. The number of nitrogens with zero attached hydrogens (tertiary/aromatic N) is 5. The second-order valence-electron chi connectivity index (χ2n) is 15.4. The van der Waals surface area contributed by atoms with E-state index in [4.69, 9.17) is 9.97 Å². The van der Waals surface area contributed by atoms with Crippen LogP contribution in [0.1, 0.15) is 0 Å². The molecule has 0 radical (unpaired) electrons. The Balaban J connectivity index is 1.13. The van der Waals surface area contributed by atoms with Crippen LogP contribution in [0.4, 0.5) is 0 Å². The maximum atomic E-state index is 5.59. The van der Waals surface area contributed by atoms with Gasteiger partial charge in [-0.3, -0.25) is 4.57 Å². The minimum Gasteiger partial charge on any atom is -0.309 e. The fourth-order valence-corrected chi connectivity index (χ4v) is 10.2. The van der Waals surface area contributed by atoms with E-state index in [0.717, 1.165) is 44.4 Å². The maximum absolute atomic E-state index is 5.59. The Labute approximate surface area is 324 Å². The van der Waals surface area contributed by atoms with Crippen LogP contribution < -0.4 is 0 Å². The Kier molecular flexibility index (Phi) is 5.45. The molecular weight excluding hydrogens is 695 g/mol. The summed E-state index contributed by atoms with van der Waals surface area (Å²) in [5, 5.41) is 13.5. The fraction of sp³-hybridized carbons (Fsp3) is 0. The van der Waals surface area contributed by atoms with Crippen LogP contribution in [0.2, 0.25) is 0 Å². The minimum atomic E-state index is 0.662. The van der Waals surface area contributed by atoms with Gasteiger partial charge in [-0.15, -0.1) is 0 Å². The molecule has 0 N–H and O–H groups in total. The molecule has 262 valence electrons. The summed E-state index contributed by atoms with van der Waals surface area (Å²) in [5.74, 6) is 0.662. The lowest BCUT2D eigenvalue weighted by Gasteiger charge is -2.13. The van der Waals surface area contributed by atoms with Gasteiger partial charge in [-0.2, -0.15) is 0 Å². The zero-order chi connectivity index (χ0) is 36.9. The molecule has 5 aromatic heterocycles. The third kappa shape index (κ3) is 3.69. The van der Waals surface area contributed by atoms with Crippen LogP contribution >= 0.6 is 0 Å². The average Bonchev–Trinajstić information content (AvgIpc) is 3.88. The molecule has 0 unspecified atom stereocenters. The van der Waals surface area contributed by atoms with Crippen molar-refractivity contribution in [3.63, 3.8) is 0 Å². The van der Waals surface area contributed by atoms with Gasteiger partial charge in [0.2, 0.25) is 5.95 Å². The molecule has 0 atom stereocenters. The van der Waals surface area contributed by atoms with Gasteiger partial charge in [0, 0.05) is 59.7 Å². The lowest BCUT2D eigenvalue weighted by atomic mass is 9.97. The number of aromatic nitrogens is 5. The highest BCUT2D eigenvalue weighted by atomic mass is 15.2. The van der Waals surface area contributed by atoms with Gasteiger partial charge < -0.3 is 8.97 Å². The number of para-hydroxylation sites is 4. The maximum Gasteiger partial charge on any atom is 0.235 e. The van der Waals surface area contributed by atoms with E-state index in [1.54, 1.807) is 0 Å². The summed E-state index contributed by atoms with van der Waals surface area (Å²) in [6, 6.07) is 63.8. The van der Waals surface area contributed by atoms with Crippen LogP contribution in [0.5, 0.6) is 0 Å². The Morgan fingerprint density at radius 3 is 1.88 bits per heavy atom. The molecule has 14 rings (SSSR count). The molecule has 5 nitrogen and oxygen atoms in total. The summed E-state index contributed by atoms with van der Waals surface area (Å²) in [6.07, 6.45) is 0. The van der Waals surface area contributed by atoms with Crippen molar-refractivity contribution in [2.75, 3.05) is 0 Å². The smallest absolute Gasteiger partial charge is 0.235 e. The third-order valence-electron chi connectivity index (χ3n) is 12.5. The minimum absolute atomic E-state index is 0.662. The van der Waals surface area contributed by atoms with Gasteiger partial charge in [0.05, 0.1) is 49.8 Å². The van der Waals surface area contributed by atoms with Gasteiger partial charge in [-0.05, 0) is 65.4 Å². The summed E-state index contributed by atoms with van der Waals surface area (Å²) in [6.45, 7) is 0. The molecular formula is C52H29N5. The molecule has 9 aromatic carbocycles. The summed E-state index contributed by atoms with van der Waals surface area (Å²) in [5.41, 5.74) is 12.2. The molecule has 0 saturated carbocycles. The van der Waals surface area contributed by atoms with Gasteiger partial charge in [0.25, 0.3) is 0 Å². The standard InChI is InChI=1S/C52H29N5/c1-2-12-33(13-3-1)55-40-18-8-5-14-34(40)36-25-23-32(29-45(36)55)50-38-16-4-7-17-39(38)53-52(54-50)57-43-27-24-31-22-21-30-11-10-20-42-46(30)47(31)48(43)49-44(57)28-26-37-35-15-6-9-19-41(35)56(42)51(37)49/h1-29H. The van der Waals surface area contributed by atoms with E-state index < -0.39 is 0 Å². The van der Waals surface area contributed by atoms with Crippen molar-refractivity contribution in [1.29, 1.82) is 0 Å². The van der Waals surface area contributed by atoms with E-state index in [9.17, 15) is 0 Å². The number of fused-ring (bicyclic) bond motifs is 8. The molecule has 0 aliphatic carbocycles. The van der Waals surface area contributed by atoms with Crippen LogP contribution in [0, 0.1) is 0 Å². The first kappa shape index (κ1) is 29.6. The monoisotopic (exact) mass is 723 g/mol. The number of benzene rings is 9. The van der Waals surface area contributed by atoms with E-state index in [1.165, 1.54) is 75.9 Å². The Hall–Kier alpha value is -7.76. The predicted molar refractivity (Wildman–Crippen MR) is 237 cm³/mol. The molecule has 0 saturated heterocycles. The van der Waals surface area contributed by atoms with Gasteiger partial charge in [0.1, 0.15) is 0 Å². The molecule has 0 amide bonds. The second kappa shape index (κ2) is 10.5. The fourth-order valence-electron chi connectivity index (χ4n) is 10.2. The van der Waals surface area contributed by atoms with Crippen LogP contribution in [-0.4, -0.2) is 23.5 Å². The lowest BCUT2D eigenvalue weighted by molar-refractivity contribution is 1.01. The van der Waals surface area contributed by atoms with Gasteiger partial charge in [0.15, 0.2) is 0 Å². The van der Waals surface area contributed by atoms with Crippen molar-refractivity contribution in [3.05, 3.63) is 176 Å². The normalized spacial score (nSPS) is 12.6. The van der Waals surface area contributed by atoms with Crippen LogP contribution in [0.25, 0.3) is 126 Å². The van der Waals surface area contributed by atoms with Crippen LogP contribution in [0.3, 0.4) is 0 Å². The molecule has 0 fully saturated rings. The largest absolute Gasteiger partial charge is 0.309 e. The molecule has 0 aliphatic rings. The molecule has 0 aliphatic heterocycles.